The molecule has 0 aromatic heterocycles. The molecule has 3 aromatic rings. The van der Waals surface area contributed by atoms with E-state index in [-0.39, 0.29) is 30.1 Å². The number of halogens is 3. The smallest absolute Gasteiger partial charge is 0.263 e. The van der Waals surface area contributed by atoms with Crippen molar-refractivity contribution >= 4 is 29.1 Å². The molecule has 3 aromatic carbocycles. The fourth-order valence-electron chi connectivity index (χ4n) is 3.59. The van der Waals surface area contributed by atoms with Crippen LogP contribution in [0.3, 0.4) is 0 Å². The molecule has 168 valence electrons. The standard InChI is InChI=1S/C26H26Cl2FNO2/c1-17(18-8-10-19(27)11-9-18)23(22-6-4-5-7-24(22)29)16-30-25(31)26(2,3)32-21-14-12-20(28)13-15-21/h4-15,17,23H,16H2,1-3H3,(H,30,31). The highest BCUT2D eigenvalue weighted by Crippen LogP contribution is 2.34. The Balaban J connectivity index is 1.78. The van der Waals surface area contributed by atoms with Crippen molar-refractivity contribution in [1.82, 2.24) is 5.32 Å². The van der Waals surface area contributed by atoms with Gasteiger partial charge in [0.05, 0.1) is 0 Å². The Labute approximate surface area is 198 Å². The lowest BCUT2D eigenvalue weighted by Gasteiger charge is -2.29. The highest BCUT2D eigenvalue weighted by Gasteiger charge is 2.32. The summed E-state index contributed by atoms with van der Waals surface area (Å²) in [6.07, 6.45) is 0. The second-order valence-corrected chi connectivity index (χ2v) is 9.12. The van der Waals surface area contributed by atoms with Crippen molar-refractivity contribution in [3.05, 3.63) is 99.8 Å². The monoisotopic (exact) mass is 473 g/mol. The molecule has 2 atom stereocenters. The summed E-state index contributed by atoms with van der Waals surface area (Å²) in [5, 5.41) is 4.18. The van der Waals surface area contributed by atoms with Crippen LogP contribution < -0.4 is 10.1 Å². The summed E-state index contributed by atoms with van der Waals surface area (Å²) in [4.78, 5) is 13.0. The van der Waals surface area contributed by atoms with Gasteiger partial charge in [0.1, 0.15) is 11.6 Å². The first kappa shape index (κ1) is 24.1. The van der Waals surface area contributed by atoms with E-state index in [1.807, 2.05) is 31.2 Å². The van der Waals surface area contributed by atoms with E-state index in [1.54, 1.807) is 56.3 Å². The maximum absolute atomic E-state index is 14.7. The number of carbonyl (C=O) groups excluding carboxylic acids is 1. The van der Waals surface area contributed by atoms with Crippen LogP contribution in [0.1, 0.15) is 43.7 Å². The molecule has 0 bridgehead atoms. The van der Waals surface area contributed by atoms with Crippen molar-refractivity contribution < 1.29 is 13.9 Å². The fourth-order valence-corrected chi connectivity index (χ4v) is 3.84. The molecule has 32 heavy (non-hydrogen) atoms. The zero-order valence-corrected chi connectivity index (χ0v) is 19.8. The molecule has 0 saturated carbocycles. The molecule has 0 spiro atoms. The van der Waals surface area contributed by atoms with Crippen LogP contribution in [0, 0.1) is 5.82 Å². The van der Waals surface area contributed by atoms with Gasteiger partial charge in [-0.15, -0.1) is 0 Å². The molecular formula is C26H26Cl2FNO2. The van der Waals surface area contributed by atoms with Crippen LogP contribution in [-0.2, 0) is 4.79 Å². The number of nitrogens with one attached hydrogen (secondary N) is 1. The van der Waals surface area contributed by atoms with Gasteiger partial charge in [-0.25, -0.2) is 4.39 Å². The van der Waals surface area contributed by atoms with Crippen molar-refractivity contribution in [3.63, 3.8) is 0 Å². The van der Waals surface area contributed by atoms with E-state index >= 15 is 0 Å². The minimum absolute atomic E-state index is 0.0650. The number of ether oxygens (including phenoxy) is 1. The van der Waals surface area contributed by atoms with Crippen LogP contribution in [0.2, 0.25) is 10.0 Å². The van der Waals surface area contributed by atoms with Crippen LogP contribution >= 0.6 is 23.2 Å². The molecule has 0 radical (unpaired) electrons. The lowest BCUT2D eigenvalue weighted by molar-refractivity contribution is -0.134. The number of hydrogen-bond donors (Lipinski definition) is 1. The predicted molar refractivity (Wildman–Crippen MR) is 128 cm³/mol. The first-order valence-electron chi connectivity index (χ1n) is 10.4. The number of carbonyl (C=O) groups is 1. The number of benzene rings is 3. The van der Waals surface area contributed by atoms with Gasteiger partial charge < -0.3 is 10.1 Å². The summed E-state index contributed by atoms with van der Waals surface area (Å²) in [6.45, 7) is 5.65. The van der Waals surface area contributed by atoms with Crippen molar-refractivity contribution in [2.45, 2.75) is 38.2 Å². The van der Waals surface area contributed by atoms with Gasteiger partial charge in [0, 0.05) is 22.5 Å². The molecule has 6 heteroatoms. The van der Waals surface area contributed by atoms with E-state index in [4.69, 9.17) is 27.9 Å². The van der Waals surface area contributed by atoms with E-state index in [2.05, 4.69) is 5.32 Å². The van der Waals surface area contributed by atoms with Crippen LogP contribution in [0.15, 0.2) is 72.8 Å². The average Bonchev–Trinajstić information content (AvgIpc) is 2.76. The van der Waals surface area contributed by atoms with Crippen LogP contribution in [0.4, 0.5) is 4.39 Å². The maximum Gasteiger partial charge on any atom is 0.263 e. The number of amides is 1. The van der Waals surface area contributed by atoms with Crippen LogP contribution in [-0.4, -0.2) is 18.1 Å². The first-order chi connectivity index (χ1) is 15.2. The fraction of sp³-hybridized carbons (Fsp3) is 0.269. The second-order valence-electron chi connectivity index (χ2n) is 8.24. The Kier molecular flexibility index (Phi) is 7.81. The topological polar surface area (TPSA) is 38.3 Å². The molecule has 1 N–H and O–H groups in total. The Bertz CT molecular complexity index is 1050. The minimum atomic E-state index is -1.13. The molecular weight excluding hydrogens is 448 g/mol. The Morgan fingerprint density at radius 1 is 0.969 bits per heavy atom. The van der Waals surface area contributed by atoms with Crippen molar-refractivity contribution in [3.8, 4) is 5.75 Å². The Hall–Kier alpha value is -2.56. The molecule has 0 aliphatic carbocycles. The van der Waals surface area contributed by atoms with Crippen molar-refractivity contribution in [2.24, 2.45) is 0 Å². The van der Waals surface area contributed by atoms with E-state index < -0.39 is 5.60 Å². The third kappa shape index (κ3) is 6.02. The second kappa shape index (κ2) is 10.4. The zero-order valence-electron chi connectivity index (χ0n) is 18.2. The van der Waals surface area contributed by atoms with Crippen LogP contribution in [0.5, 0.6) is 5.75 Å². The summed E-state index contributed by atoms with van der Waals surface area (Å²) in [7, 11) is 0. The van der Waals surface area contributed by atoms with Gasteiger partial charge in [0.15, 0.2) is 5.60 Å². The van der Waals surface area contributed by atoms with Gasteiger partial charge in [-0.3, -0.25) is 4.79 Å². The van der Waals surface area contributed by atoms with Gasteiger partial charge in [0.2, 0.25) is 0 Å². The molecule has 3 rings (SSSR count). The lowest BCUT2D eigenvalue weighted by atomic mass is 9.82. The molecule has 0 saturated heterocycles. The van der Waals surface area contributed by atoms with E-state index in [9.17, 15) is 9.18 Å². The summed E-state index contributed by atoms with van der Waals surface area (Å²) in [5.41, 5.74) is 0.428. The summed E-state index contributed by atoms with van der Waals surface area (Å²) in [6, 6.07) is 21.0. The molecule has 0 fully saturated rings. The molecule has 3 nitrogen and oxygen atoms in total. The Morgan fingerprint density at radius 2 is 1.53 bits per heavy atom. The SMILES string of the molecule is CC(c1ccc(Cl)cc1)C(CNC(=O)C(C)(C)Oc1ccc(Cl)cc1)c1ccccc1F. The van der Waals surface area contributed by atoms with E-state index in [0.717, 1.165) is 5.56 Å². The normalized spacial score (nSPS) is 13.3. The lowest BCUT2D eigenvalue weighted by Crippen LogP contribution is -2.48. The Morgan fingerprint density at radius 3 is 2.12 bits per heavy atom. The van der Waals surface area contributed by atoms with E-state index in [1.165, 1.54) is 6.07 Å². The van der Waals surface area contributed by atoms with Crippen molar-refractivity contribution in [1.29, 1.82) is 0 Å². The summed E-state index contributed by atoms with van der Waals surface area (Å²) >= 11 is 11.9. The highest BCUT2D eigenvalue weighted by atomic mass is 35.5. The highest BCUT2D eigenvalue weighted by molar-refractivity contribution is 6.30. The largest absolute Gasteiger partial charge is 0.478 e. The minimum Gasteiger partial charge on any atom is -0.478 e. The van der Waals surface area contributed by atoms with Gasteiger partial charge in [-0.1, -0.05) is 60.5 Å². The molecule has 2 unspecified atom stereocenters. The maximum atomic E-state index is 14.7. The zero-order chi connectivity index (χ0) is 23.3. The molecule has 0 heterocycles. The summed E-state index contributed by atoms with van der Waals surface area (Å²) in [5.74, 6) is -0.409. The van der Waals surface area contributed by atoms with Crippen LogP contribution in [0.25, 0.3) is 0 Å². The number of hydrogen-bond acceptors (Lipinski definition) is 2. The third-order valence-electron chi connectivity index (χ3n) is 5.52. The first-order valence-corrected chi connectivity index (χ1v) is 11.2. The van der Waals surface area contributed by atoms with Gasteiger partial charge >= 0.3 is 0 Å². The van der Waals surface area contributed by atoms with E-state index in [0.29, 0.717) is 21.4 Å². The molecule has 0 aliphatic rings. The van der Waals surface area contributed by atoms with Gasteiger partial charge in [-0.2, -0.15) is 0 Å². The van der Waals surface area contributed by atoms with Gasteiger partial charge in [0.25, 0.3) is 5.91 Å². The molecule has 0 aliphatic heterocycles. The average molecular weight is 474 g/mol. The third-order valence-corrected chi connectivity index (χ3v) is 6.02. The quantitative estimate of drug-likeness (QED) is 0.382. The molecule has 1 amide bonds. The van der Waals surface area contributed by atoms with Crippen molar-refractivity contribution in [2.75, 3.05) is 6.54 Å². The summed E-state index contributed by atoms with van der Waals surface area (Å²) < 4.78 is 20.6. The predicted octanol–water partition coefficient (Wildman–Crippen LogP) is 6.99. The number of rotatable bonds is 8. The van der Waals surface area contributed by atoms with Gasteiger partial charge in [-0.05, 0) is 73.4 Å².